The third-order valence-electron chi connectivity index (χ3n) is 13.4. The third-order valence-corrected chi connectivity index (χ3v) is 16.0. The van der Waals surface area contributed by atoms with Crippen molar-refractivity contribution in [3.05, 3.63) is 274 Å². The van der Waals surface area contributed by atoms with Crippen LogP contribution in [-0.2, 0) is 20.7 Å². The van der Waals surface area contributed by atoms with Gasteiger partial charge in [0.25, 0.3) is 0 Å². The second-order valence-electron chi connectivity index (χ2n) is 17.9. The Balaban J connectivity index is 1.14. The van der Waals surface area contributed by atoms with Crippen molar-refractivity contribution >= 4 is 18.5 Å². The lowest BCUT2D eigenvalue weighted by Gasteiger charge is -2.49. The van der Waals surface area contributed by atoms with Gasteiger partial charge in [0.05, 0.1) is 13.2 Å². The van der Waals surface area contributed by atoms with Crippen molar-refractivity contribution in [3.63, 3.8) is 0 Å². The number of rotatable bonds is 16. The van der Waals surface area contributed by atoms with Gasteiger partial charge in [0.15, 0.2) is 0 Å². The molecule has 0 N–H and O–H groups in total. The topological polar surface area (TPSA) is 18.5 Å². The Morgan fingerprint density at radius 3 is 0.953 bits per heavy atom. The molecule has 1 aliphatic carbocycles. The molecule has 320 valence electrons. The van der Waals surface area contributed by atoms with Crippen LogP contribution >= 0.6 is 7.92 Å². The minimum Gasteiger partial charge on any atom is -0.361 e. The first-order valence-electron chi connectivity index (χ1n) is 22.9. The number of aryl methyl sites for hydroxylation is 4. The van der Waals surface area contributed by atoms with Gasteiger partial charge in [0.2, 0.25) is 0 Å². The monoisotopic (exact) mass is 854 g/mol. The number of hydrogen-bond donors (Lipinski definition) is 0. The van der Waals surface area contributed by atoms with Crippen LogP contribution in [0.25, 0.3) is 0 Å². The van der Waals surface area contributed by atoms with E-state index in [1.165, 1.54) is 32.9 Å². The summed E-state index contributed by atoms with van der Waals surface area (Å²) in [7, 11) is -0.662. The van der Waals surface area contributed by atoms with Crippen LogP contribution < -0.4 is 10.6 Å². The molecule has 8 aromatic carbocycles. The van der Waals surface area contributed by atoms with E-state index in [0.717, 1.165) is 46.0 Å². The van der Waals surface area contributed by atoms with E-state index < -0.39 is 19.1 Å². The highest BCUT2D eigenvalue weighted by molar-refractivity contribution is 7.73. The summed E-state index contributed by atoms with van der Waals surface area (Å²) >= 11 is 0. The van der Waals surface area contributed by atoms with E-state index in [2.05, 4.69) is 246 Å². The molecule has 2 nitrogen and oxygen atoms in total. The average Bonchev–Trinajstić information content (AvgIpc) is 3.32. The lowest BCUT2D eigenvalue weighted by Crippen LogP contribution is -2.48. The van der Waals surface area contributed by atoms with Gasteiger partial charge < -0.3 is 9.47 Å². The van der Waals surface area contributed by atoms with E-state index in [9.17, 15) is 0 Å². The first kappa shape index (κ1) is 43.4. The van der Waals surface area contributed by atoms with Crippen LogP contribution in [0.2, 0.25) is 0 Å². The standard InChI is InChI=1S/C61H59O2P/c1-45-35-46(2)38-57(37-45)64(58-39-47(3)36-48(4)40-58)44-50-41-49(42-62-60(51-23-11-5-12-24-51,52-25-13-6-14-26-52)53-27-15-7-16-28-53)59(50)43-63-61(54-29-17-8-18-30-54,55-31-19-9-20-32-55)56-33-21-10-22-34-56/h5-40,49-50,59H,41-44H2,1-4H3. The zero-order chi connectivity index (χ0) is 43.9. The van der Waals surface area contributed by atoms with Crippen LogP contribution in [0, 0.1) is 45.4 Å². The molecule has 0 saturated heterocycles. The fourth-order valence-electron chi connectivity index (χ4n) is 10.4. The Hall–Kier alpha value is -5.89. The first-order valence-corrected chi connectivity index (χ1v) is 24.4. The van der Waals surface area contributed by atoms with Gasteiger partial charge in [-0.2, -0.15) is 0 Å². The molecular formula is C61H59O2P. The largest absolute Gasteiger partial charge is 0.361 e. The zero-order valence-corrected chi connectivity index (χ0v) is 38.5. The lowest BCUT2D eigenvalue weighted by molar-refractivity contribution is -0.104. The van der Waals surface area contributed by atoms with Crippen LogP contribution in [0.15, 0.2) is 218 Å². The van der Waals surface area contributed by atoms with Crippen molar-refractivity contribution in [1.82, 2.24) is 0 Å². The molecule has 0 aliphatic heterocycles. The molecule has 64 heavy (non-hydrogen) atoms. The quantitative estimate of drug-likeness (QED) is 0.0712. The van der Waals surface area contributed by atoms with E-state index in [-0.39, 0.29) is 11.8 Å². The van der Waals surface area contributed by atoms with E-state index in [4.69, 9.17) is 9.47 Å². The summed E-state index contributed by atoms with van der Waals surface area (Å²) in [5, 5.41) is 2.92. The molecule has 0 spiro atoms. The van der Waals surface area contributed by atoms with Crippen LogP contribution in [-0.4, -0.2) is 19.4 Å². The van der Waals surface area contributed by atoms with Gasteiger partial charge in [0.1, 0.15) is 11.2 Å². The predicted octanol–water partition coefficient (Wildman–Crippen LogP) is 13.6. The van der Waals surface area contributed by atoms with Gasteiger partial charge in [-0.3, -0.25) is 0 Å². The van der Waals surface area contributed by atoms with Gasteiger partial charge >= 0.3 is 0 Å². The van der Waals surface area contributed by atoms with Gasteiger partial charge in [-0.1, -0.05) is 241 Å². The van der Waals surface area contributed by atoms with Crippen molar-refractivity contribution < 1.29 is 9.47 Å². The molecule has 3 unspecified atom stereocenters. The maximum absolute atomic E-state index is 7.76. The highest BCUT2D eigenvalue weighted by Gasteiger charge is 2.47. The minimum atomic E-state index is -0.816. The Morgan fingerprint density at radius 1 is 0.375 bits per heavy atom. The van der Waals surface area contributed by atoms with E-state index in [1.807, 2.05) is 0 Å². The molecular weight excluding hydrogens is 796 g/mol. The third kappa shape index (κ3) is 8.93. The molecule has 0 aromatic heterocycles. The van der Waals surface area contributed by atoms with Crippen molar-refractivity contribution in [2.75, 3.05) is 19.4 Å². The summed E-state index contributed by atoms with van der Waals surface area (Å²) in [4.78, 5) is 0. The van der Waals surface area contributed by atoms with Crippen LogP contribution in [0.4, 0.5) is 0 Å². The molecule has 3 atom stereocenters. The summed E-state index contributed by atoms with van der Waals surface area (Å²) in [5.41, 5.74) is 10.4. The van der Waals surface area contributed by atoms with Crippen LogP contribution in [0.5, 0.6) is 0 Å². The molecule has 8 aromatic rings. The smallest absolute Gasteiger partial charge is 0.143 e. The van der Waals surface area contributed by atoms with Crippen molar-refractivity contribution in [2.45, 2.75) is 45.3 Å². The second kappa shape index (κ2) is 19.5. The van der Waals surface area contributed by atoms with Gasteiger partial charge in [-0.15, -0.1) is 0 Å². The van der Waals surface area contributed by atoms with Crippen LogP contribution in [0.1, 0.15) is 62.1 Å². The lowest BCUT2D eigenvalue weighted by atomic mass is 9.66. The minimum absolute atomic E-state index is 0.234. The normalized spacial score (nSPS) is 16.4. The van der Waals surface area contributed by atoms with Crippen molar-refractivity contribution in [1.29, 1.82) is 0 Å². The summed E-state index contributed by atoms with van der Waals surface area (Å²) < 4.78 is 15.4. The number of ether oxygens (including phenoxy) is 2. The Morgan fingerprint density at radius 2 is 0.656 bits per heavy atom. The molecule has 3 heteroatoms. The highest BCUT2D eigenvalue weighted by atomic mass is 31.1. The first-order chi connectivity index (χ1) is 31.3. The highest BCUT2D eigenvalue weighted by Crippen LogP contribution is 2.52. The van der Waals surface area contributed by atoms with Crippen molar-refractivity contribution in [2.24, 2.45) is 17.8 Å². The number of benzene rings is 8. The maximum atomic E-state index is 7.76. The molecule has 0 radical (unpaired) electrons. The maximum Gasteiger partial charge on any atom is 0.143 e. The van der Waals surface area contributed by atoms with Gasteiger partial charge in [-0.25, -0.2) is 0 Å². The molecule has 1 fully saturated rings. The summed E-state index contributed by atoms with van der Waals surface area (Å²) in [6.45, 7) is 10.1. The van der Waals surface area contributed by atoms with Gasteiger partial charge in [-0.05, 0) is 110 Å². The second-order valence-corrected chi connectivity index (χ2v) is 20.2. The summed E-state index contributed by atoms with van der Waals surface area (Å²) in [6, 6.07) is 79.3. The van der Waals surface area contributed by atoms with E-state index in [1.54, 1.807) is 0 Å². The molecule has 1 saturated carbocycles. The molecule has 1 aliphatic rings. The SMILES string of the molecule is Cc1cc(C)cc(P(CC2CC(COC(c3ccccc3)(c3ccccc3)c3ccccc3)C2COC(c2ccccc2)(c2ccccc2)c2ccccc2)c2cc(C)cc(C)c2)c1. The Bertz CT molecular complexity index is 2440. The molecule has 0 amide bonds. The summed E-state index contributed by atoms with van der Waals surface area (Å²) in [5.74, 6) is 0.911. The molecule has 9 rings (SSSR count). The fraction of sp³-hybridized carbons (Fsp3) is 0.213. The van der Waals surface area contributed by atoms with Crippen LogP contribution in [0.3, 0.4) is 0 Å². The fourth-order valence-corrected chi connectivity index (χ4v) is 13.4. The Kier molecular flexibility index (Phi) is 13.2. The molecule has 0 heterocycles. The Labute approximate surface area is 382 Å². The van der Waals surface area contributed by atoms with E-state index >= 15 is 0 Å². The summed E-state index contributed by atoms with van der Waals surface area (Å²) in [6.07, 6.45) is 2.15. The van der Waals surface area contributed by atoms with E-state index in [0.29, 0.717) is 19.1 Å². The van der Waals surface area contributed by atoms with Gasteiger partial charge in [0, 0.05) is 0 Å². The van der Waals surface area contributed by atoms with Crippen molar-refractivity contribution in [3.8, 4) is 0 Å². The zero-order valence-electron chi connectivity index (χ0n) is 37.6. The predicted molar refractivity (Wildman–Crippen MR) is 268 cm³/mol. The average molecular weight is 855 g/mol. The number of hydrogen-bond acceptors (Lipinski definition) is 2. The molecule has 0 bridgehead atoms.